The minimum absolute atomic E-state index is 0. The van der Waals surface area contributed by atoms with E-state index in [0.717, 1.165) is 0 Å². The second-order valence-electron chi connectivity index (χ2n) is 1.82. The lowest BCUT2D eigenvalue weighted by molar-refractivity contribution is 1.19. The lowest BCUT2D eigenvalue weighted by atomic mass is 10.5. The van der Waals surface area contributed by atoms with Gasteiger partial charge in [0.15, 0.2) is 17.4 Å². The fourth-order valence-electron chi connectivity index (χ4n) is 0.644. The number of nitrogens with one attached hydrogen (secondary N) is 1. The largest absolute Gasteiger partial charge is 0.363 e. The van der Waals surface area contributed by atoms with Crippen LogP contribution in [-0.2, 0) is 0 Å². The van der Waals surface area contributed by atoms with Crippen LogP contribution in [0, 0.1) is 13.8 Å². The Kier molecular flexibility index (Phi) is 2.89. The Morgan fingerprint density at radius 3 is 1.62 bits per heavy atom. The minimum atomic E-state index is 0. The second kappa shape index (κ2) is 2.96. The highest BCUT2D eigenvalue weighted by atomic mass is 27.0. The summed E-state index contributed by atoms with van der Waals surface area (Å²) >= 11 is 0. The molecule has 1 heterocycles. The maximum Gasteiger partial charge on any atom is 0.187 e. The summed E-state index contributed by atoms with van der Waals surface area (Å²) in [6.45, 7) is 4.10. The van der Waals surface area contributed by atoms with Crippen molar-refractivity contribution in [2.45, 2.75) is 13.8 Å². The lowest BCUT2D eigenvalue weighted by Gasteiger charge is -1.77. The van der Waals surface area contributed by atoms with Crippen LogP contribution in [0.25, 0.3) is 0 Å². The SMILES string of the molecule is Cc1ccc(C)[nH]1.[AlH3]. The van der Waals surface area contributed by atoms with Crippen molar-refractivity contribution in [3.05, 3.63) is 23.5 Å². The monoisotopic (exact) mass is 125 g/mol. The van der Waals surface area contributed by atoms with Crippen molar-refractivity contribution in [2.24, 2.45) is 0 Å². The van der Waals surface area contributed by atoms with E-state index in [9.17, 15) is 0 Å². The molecule has 1 rings (SSSR count). The van der Waals surface area contributed by atoms with Gasteiger partial charge in [0, 0.05) is 11.4 Å². The highest BCUT2D eigenvalue weighted by Gasteiger charge is 1.82. The van der Waals surface area contributed by atoms with Gasteiger partial charge in [0.25, 0.3) is 0 Å². The summed E-state index contributed by atoms with van der Waals surface area (Å²) in [4.78, 5) is 3.14. The van der Waals surface area contributed by atoms with E-state index in [4.69, 9.17) is 0 Å². The molecule has 44 valence electrons. The molecule has 1 aromatic rings. The van der Waals surface area contributed by atoms with Crippen LogP contribution in [0.15, 0.2) is 12.1 Å². The average molecular weight is 125 g/mol. The van der Waals surface area contributed by atoms with Crippen LogP contribution in [0.5, 0.6) is 0 Å². The fourth-order valence-corrected chi connectivity index (χ4v) is 0.644. The molecule has 0 fully saturated rings. The predicted molar refractivity (Wildman–Crippen MR) is 40.2 cm³/mol. The predicted octanol–water partition coefficient (Wildman–Crippen LogP) is 0.448. The highest BCUT2D eigenvalue weighted by molar-refractivity contribution is 5.75. The van der Waals surface area contributed by atoms with Crippen molar-refractivity contribution in [3.63, 3.8) is 0 Å². The molecular weight excluding hydrogens is 113 g/mol. The average Bonchev–Trinajstić information content (AvgIpc) is 1.87. The number of aryl methyl sites for hydroxylation is 2. The van der Waals surface area contributed by atoms with Gasteiger partial charge in [-0.1, -0.05) is 0 Å². The van der Waals surface area contributed by atoms with Crippen LogP contribution < -0.4 is 0 Å². The molecule has 0 unspecified atom stereocenters. The maximum absolute atomic E-state index is 3.14. The lowest BCUT2D eigenvalue weighted by Crippen LogP contribution is -1.67. The Balaban J connectivity index is 0.000000490. The van der Waals surface area contributed by atoms with Gasteiger partial charge in [0.05, 0.1) is 0 Å². The molecule has 0 amide bonds. The summed E-state index contributed by atoms with van der Waals surface area (Å²) in [5, 5.41) is 0. The van der Waals surface area contributed by atoms with E-state index >= 15 is 0 Å². The van der Waals surface area contributed by atoms with Gasteiger partial charge in [-0.3, -0.25) is 0 Å². The van der Waals surface area contributed by atoms with Gasteiger partial charge < -0.3 is 4.98 Å². The quantitative estimate of drug-likeness (QED) is 0.484. The number of aromatic nitrogens is 1. The fraction of sp³-hybridized carbons (Fsp3) is 0.333. The smallest absolute Gasteiger partial charge is 0.187 e. The molecule has 2 heteroatoms. The van der Waals surface area contributed by atoms with Gasteiger partial charge in [0.1, 0.15) is 0 Å². The van der Waals surface area contributed by atoms with Crippen molar-refractivity contribution in [2.75, 3.05) is 0 Å². The van der Waals surface area contributed by atoms with Gasteiger partial charge in [-0.05, 0) is 26.0 Å². The van der Waals surface area contributed by atoms with Gasteiger partial charge in [-0.2, -0.15) is 0 Å². The molecule has 1 nitrogen and oxygen atoms in total. The molecule has 0 aliphatic rings. The third kappa shape index (κ3) is 1.73. The molecule has 0 spiro atoms. The molecule has 0 radical (unpaired) electrons. The van der Waals surface area contributed by atoms with E-state index in [0.29, 0.717) is 0 Å². The molecule has 0 bridgehead atoms. The van der Waals surface area contributed by atoms with E-state index in [1.165, 1.54) is 11.4 Å². The van der Waals surface area contributed by atoms with E-state index in [-0.39, 0.29) is 17.4 Å². The van der Waals surface area contributed by atoms with E-state index in [1.54, 1.807) is 0 Å². The zero-order chi connectivity index (χ0) is 5.28. The zero-order valence-corrected chi connectivity index (χ0v) is 4.65. The summed E-state index contributed by atoms with van der Waals surface area (Å²) in [5.41, 5.74) is 2.47. The Morgan fingerprint density at radius 1 is 1.12 bits per heavy atom. The third-order valence-electron chi connectivity index (χ3n) is 0.978. The van der Waals surface area contributed by atoms with Crippen molar-refractivity contribution < 1.29 is 0 Å². The number of hydrogen-bond donors (Lipinski definition) is 1. The Morgan fingerprint density at radius 2 is 1.50 bits per heavy atom. The first-order valence-corrected chi connectivity index (χ1v) is 2.41. The van der Waals surface area contributed by atoms with Gasteiger partial charge in [0.2, 0.25) is 0 Å². The molecule has 0 aliphatic heterocycles. The number of hydrogen-bond acceptors (Lipinski definition) is 0. The standard InChI is InChI=1S/C6H9N.Al.3H/c1-5-3-4-6(2)7-5;;;;/h3-4,7H,1-2H3;;;;. The van der Waals surface area contributed by atoms with Crippen LogP contribution in [0.4, 0.5) is 0 Å². The Hall–Kier alpha value is -0.188. The van der Waals surface area contributed by atoms with Crippen LogP contribution in [0.3, 0.4) is 0 Å². The zero-order valence-electron chi connectivity index (χ0n) is 4.65. The molecule has 0 saturated heterocycles. The Labute approximate surface area is 60.2 Å². The van der Waals surface area contributed by atoms with E-state index in [1.807, 2.05) is 13.8 Å². The summed E-state index contributed by atoms with van der Waals surface area (Å²) in [6.07, 6.45) is 0. The van der Waals surface area contributed by atoms with Crippen LogP contribution in [0.2, 0.25) is 0 Å². The van der Waals surface area contributed by atoms with Crippen molar-refractivity contribution >= 4 is 17.4 Å². The molecule has 0 atom stereocenters. The minimum Gasteiger partial charge on any atom is -0.363 e. The number of H-pyrrole nitrogens is 1. The number of aromatic amines is 1. The van der Waals surface area contributed by atoms with E-state index in [2.05, 4.69) is 17.1 Å². The van der Waals surface area contributed by atoms with Crippen molar-refractivity contribution in [1.29, 1.82) is 0 Å². The topological polar surface area (TPSA) is 15.8 Å². The summed E-state index contributed by atoms with van der Waals surface area (Å²) in [6, 6.07) is 4.13. The second-order valence-corrected chi connectivity index (χ2v) is 1.82. The molecule has 1 aromatic heterocycles. The summed E-state index contributed by atoms with van der Waals surface area (Å²) < 4.78 is 0. The highest BCUT2D eigenvalue weighted by Crippen LogP contribution is 1.95. The maximum atomic E-state index is 3.14. The number of rotatable bonds is 0. The van der Waals surface area contributed by atoms with Crippen LogP contribution in [-0.4, -0.2) is 22.3 Å². The Bertz CT molecular complexity index is 141. The third-order valence-corrected chi connectivity index (χ3v) is 0.978. The normalized spacial score (nSPS) is 8.25. The molecule has 0 aliphatic carbocycles. The summed E-state index contributed by atoms with van der Waals surface area (Å²) in [5.74, 6) is 0. The molecule has 0 aromatic carbocycles. The molecule has 1 N–H and O–H groups in total. The summed E-state index contributed by atoms with van der Waals surface area (Å²) in [7, 11) is 0. The molecular formula is C6H12AlN. The van der Waals surface area contributed by atoms with Gasteiger partial charge >= 0.3 is 0 Å². The molecule has 0 saturated carbocycles. The van der Waals surface area contributed by atoms with Crippen molar-refractivity contribution in [3.8, 4) is 0 Å². The van der Waals surface area contributed by atoms with Crippen LogP contribution in [0.1, 0.15) is 11.4 Å². The van der Waals surface area contributed by atoms with Gasteiger partial charge in [-0.25, -0.2) is 0 Å². The first-order valence-electron chi connectivity index (χ1n) is 2.41. The van der Waals surface area contributed by atoms with Gasteiger partial charge in [-0.15, -0.1) is 0 Å². The first kappa shape index (κ1) is 7.81. The molecule has 8 heavy (non-hydrogen) atoms. The van der Waals surface area contributed by atoms with Crippen LogP contribution >= 0.6 is 0 Å². The van der Waals surface area contributed by atoms with Crippen molar-refractivity contribution in [1.82, 2.24) is 4.98 Å². The van der Waals surface area contributed by atoms with E-state index < -0.39 is 0 Å². The first-order chi connectivity index (χ1) is 3.29.